The second-order valence-electron chi connectivity index (χ2n) is 11.1. The largest absolute Gasteiger partial charge is 0.378 e. The van der Waals surface area contributed by atoms with Crippen molar-refractivity contribution in [2.75, 3.05) is 6.54 Å². The molecule has 0 bridgehead atoms. The number of fused-ring (bicyclic) bond motifs is 9. The molecule has 2 aromatic carbocycles. The molecule has 1 aliphatic carbocycles. The van der Waals surface area contributed by atoms with Crippen molar-refractivity contribution in [3.05, 3.63) is 111 Å². The van der Waals surface area contributed by atoms with Crippen LogP contribution in [0.15, 0.2) is 66.4 Å². The van der Waals surface area contributed by atoms with Crippen LogP contribution in [0.5, 0.6) is 0 Å². The summed E-state index contributed by atoms with van der Waals surface area (Å²) in [5, 5.41) is 9.45. The number of para-hydroxylation sites is 1. The highest BCUT2D eigenvalue weighted by Gasteiger charge is 2.49. The minimum absolute atomic E-state index is 0.212. The molecule has 1 aromatic heterocycles. The van der Waals surface area contributed by atoms with E-state index in [1.807, 2.05) is 0 Å². The maximum atomic E-state index is 14.0. The Labute approximate surface area is 222 Å². The number of rotatable bonds is 3. The number of allylic oxidation sites excluding steroid dienone is 2. The van der Waals surface area contributed by atoms with E-state index in [-0.39, 0.29) is 16.8 Å². The van der Waals surface area contributed by atoms with Gasteiger partial charge in [-0.2, -0.15) is 5.10 Å². The lowest BCUT2D eigenvalue weighted by Crippen LogP contribution is -2.43. The second-order valence-corrected chi connectivity index (χ2v) is 11.5. The van der Waals surface area contributed by atoms with Gasteiger partial charge in [-0.25, -0.2) is 9.07 Å². The predicted molar refractivity (Wildman–Crippen MR) is 146 cm³/mol. The first kappa shape index (κ1) is 23.0. The number of aromatic nitrogens is 2. The van der Waals surface area contributed by atoms with E-state index in [9.17, 15) is 4.39 Å². The third-order valence-corrected chi connectivity index (χ3v) is 9.09. The molecule has 37 heavy (non-hydrogen) atoms. The van der Waals surface area contributed by atoms with Crippen LogP contribution in [0, 0.1) is 5.82 Å². The Bertz CT molecular complexity index is 1560. The van der Waals surface area contributed by atoms with Crippen LogP contribution in [0.1, 0.15) is 54.4 Å². The van der Waals surface area contributed by atoms with Crippen molar-refractivity contribution in [3.8, 4) is 5.69 Å². The van der Waals surface area contributed by atoms with E-state index < -0.39 is 0 Å². The Hall–Kier alpha value is -3.15. The fraction of sp³-hybridized carbons (Fsp3) is 0.323. The Morgan fingerprint density at radius 3 is 2.84 bits per heavy atom. The molecule has 7 rings (SSSR count). The summed E-state index contributed by atoms with van der Waals surface area (Å²) >= 11 is 6.44. The highest BCUT2D eigenvalue weighted by atomic mass is 35.5. The molecule has 188 valence electrons. The van der Waals surface area contributed by atoms with Gasteiger partial charge in [0.2, 0.25) is 0 Å². The first-order valence-electron chi connectivity index (χ1n) is 13.1. The molecule has 0 radical (unpaired) electrons. The average Bonchev–Trinajstić information content (AvgIpc) is 3.47. The summed E-state index contributed by atoms with van der Waals surface area (Å²) in [5.74, 6) is -0.249. The lowest BCUT2D eigenvalue weighted by Gasteiger charge is -2.44. The van der Waals surface area contributed by atoms with Crippen LogP contribution in [-0.4, -0.2) is 26.8 Å². The Balaban J connectivity index is 1.42. The zero-order valence-electron chi connectivity index (χ0n) is 21.4. The number of benzene rings is 2. The summed E-state index contributed by atoms with van der Waals surface area (Å²) in [5.41, 5.74) is 10.5. The molecule has 0 spiro atoms. The van der Waals surface area contributed by atoms with Gasteiger partial charge in [0.1, 0.15) is 5.82 Å². The minimum Gasteiger partial charge on any atom is -0.378 e. The van der Waals surface area contributed by atoms with Crippen LogP contribution in [0.3, 0.4) is 0 Å². The molecule has 4 aliphatic rings. The van der Waals surface area contributed by atoms with Crippen LogP contribution in [0.4, 0.5) is 4.39 Å². The third kappa shape index (κ3) is 3.20. The number of hydrogen-bond acceptors (Lipinski definition) is 3. The second kappa shape index (κ2) is 7.92. The molecule has 0 saturated carbocycles. The molecule has 3 aliphatic heterocycles. The number of nitrogens with one attached hydrogen (secondary N) is 1. The van der Waals surface area contributed by atoms with Gasteiger partial charge in [-0.15, -0.1) is 0 Å². The lowest BCUT2D eigenvalue weighted by atomic mass is 9.64. The van der Waals surface area contributed by atoms with E-state index in [2.05, 4.69) is 78.3 Å². The Kier molecular flexibility index (Phi) is 4.93. The number of aryl methyl sites for hydroxylation is 1. The average molecular weight is 513 g/mol. The number of halogens is 2. The van der Waals surface area contributed by atoms with Crippen molar-refractivity contribution in [1.82, 2.24) is 20.0 Å². The molecular weight excluding hydrogens is 483 g/mol. The van der Waals surface area contributed by atoms with Crippen LogP contribution in [0.2, 0.25) is 5.02 Å². The van der Waals surface area contributed by atoms with Crippen LogP contribution in [0.25, 0.3) is 11.3 Å². The van der Waals surface area contributed by atoms with Gasteiger partial charge in [0.25, 0.3) is 0 Å². The van der Waals surface area contributed by atoms with Gasteiger partial charge in [0.05, 0.1) is 28.0 Å². The van der Waals surface area contributed by atoms with Crippen molar-refractivity contribution in [2.45, 2.75) is 57.7 Å². The first-order chi connectivity index (χ1) is 17.8. The highest BCUT2D eigenvalue weighted by molar-refractivity contribution is 6.31. The van der Waals surface area contributed by atoms with Gasteiger partial charge in [0, 0.05) is 42.2 Å². The Morgan fingerprint density at radius 1 is 1.14 bits per heavy atom. The highest BCUT2D eigenvalue weighted by Crippen LogP contribution is 2.55. The summed E-state index contributed by atoms with van der Waals surface area (Å²) in [4.78, 5) is 2.37. The standard InChI is InChI=1S/C31H30ClFN4/c1-4-19-6-5-7-22-27-24-10-14-34-31(24,3)13-12-30(27,2)29-23-18-36(15-11-26(23)35-37(29)28(19)22)17-20-16-21(33)8-9-25(20)32/h5-10,12-14,16,34H,4,11,15,17-18H2,1-3H3. The van der Waals surface area contributed by atoms with E-state index in [0.29, 0.717) is 11.6 Å². The summed E-state index contributed by atoms with van der Waals surface area (Å²) in [6.45, 7) is 9.05. The first-order valence-corrected chi connectivity index (χ1v) is 13.5. The van der Waals surface area contributed by atoms with Crippen molar-refractivity contribution in [2.24, 2.45) is 0 Å². The van der Waals surface area contributed by atoms with Gasteiger partial charge < -0.3 is 5.32 Å². The van der Waals surface area contributed by atoms with Crippen molar-refractivity contribution >= 4 is 17.2 Å². The normalized spacial score (nSPS) is 25.3. The van der Waals surface area contributed by atoms with E-state index >= 15 is 0 Å². The summed E-state index contributed by atoms with van der Waals surface area (Å²) in [6.07, 6.45) is 10.8. The van der Waals surface area contributed by atoms with Gasteiger partial charge >= 0.3 is 0 Å². The van der Waals surface area contributed by atoms with E-state index in [4.69, 9.17) is 16.7 Å². The van der Waals surface area contributed by atoms with Gasteiger partial charge in [-0.1, -0.05) is 48.9 Å². The van der Waals surface area contributed by atoms with E-state index in [1.165, 1.54) is 51.0 Å². The van der Waals surface area contributed by atoms with E-state index in [0.717, 1.165) is 31.5 Å². The van der Waals surface area contributed by atoms with Crippen LogP contribution in [-0.2, 0) is 31.3 Å². The monoisotopic (exact) mass is 512 g/mol. The molecule has 0 saturated heterocycles. The van der Waals surface area contributed by atoms with Gasteiger partial charge in [0.15, 0.2) is 0 Å². The van der Waals surface area contributed by atoms with Crippen molar-refractivity contribution in [3.63, 3.8) is 0 Å². The topological polar surface area (TPSA) is 33.1 Å². The lowest BCUT2D eigenvalue weighted by molar-refractivity contribution is 0.243. The number of nitrogens with zero attached hydrogens (tertiary/aromatic N) is 3. The zero-order valence-corrected chi connectivity index (χ0v) is 22.2. The predicted octanol–water partition coefficient (Wildman–Crippen LogP) is 6.26. The SMILES string of the molecule is CCc1cccc2c1-n1nc3c(c1C1(C)C=CC4(C)NC=CC4=C21)CN(Cc1cc(F)ccc1Cl)CC3. The fourth-order valence-electron chi connectivity index (χ4n) is 6.84. The molecule has 0 fully saturated rings. The smallest absolute Gasteiger partial charge is 0.123 e. The third-order valence-electron chi connectivity index (χ3n) is 8.72. The molecule has 0 amide bonds. The van der Waals surface area contributed by atoms with Gasteiger partial charge in [-0.3, -0.25) is 4.90 Å². The van der Waals surface area contributed by atoms with Gasteiger partial charge in [-0.05, 0) is 73.0 Å². The number of hydrogen-bond donors (Lipinski definition) is 1. The molecule has 1 N–H and O–H groups in total. The van der Waals surface area contributed by atoms with Crippen molar-refractivity contribution in [1.29, 1.82) is 0 Å². The molecule has 2 atom stereocenters. The summed E-state index contributed by atoms with van der Waals surface area (Å²) in [6, 6.07) is 11.3. The zero-order chi connectivity index (χ0) is 25.5. The Morgan fingerprint density at radius 2 is 2.00 bits per heavy atom. The van der Waals surface area contributed by atoms with Crippen LogP contribution >= 0.6 is 11.6 Å². The molecule has 3 aromatic rings. The molecule has 4 heterocycles. The molecule has 2 unspecified atom stereocenters. The fourth-order valence-corrected chi connectivity index (χ4v) is 7.02. The molecular formula is C31H30ClFN4. The quantitative estimate of drug-likeness (QED) is 0.421. The van der Waals surface area contributed by atoms with E-state index in [1.54, 1.807) is 12.1 Å². The maximum Gasteiger partial charge on any atom is 0.123 e. The summed E-state index contributed by atoms with van der Waals surface area (Å²) < 4.78 is 16.2. The maximum absolute atomic E-state index is 14.0. The van der Waals surface area contributed by atoms with Crippen LogP contribution < -0.4 is 5.32 Å². The minimum atomic E-state index is -0.315. The molecule has 6 heteroatoms. The molecule has 4 nitrogen and oxygen atoms in total. The summed E-state index contributed by atoms with van der Waals surface area (Å²) in [7, 11) is 0. The van der Waals surface area contributed by atoms with Crippen molar-refractivity contribution < 1.29 is 4.39 Å².